The maximum atomic E-state index is 4.42. The van der Waals surface area contributed by atoms with Crippen molar-refractivity contribution in [3.05, 3.63) is 36.9 Å². The summed E-state index contributed by atoms with van der Waals surface area (Å²) in [5.41, 5.74) is 0. The minimum Gasteiger partial charge on any atom is -0.268 e. The molecule has 0 bridgehead atoms. The van der Waals surface area contributed by atoms with Gasteiger partial charge in [0.25, 0.3) is 0 Å². The topological polar surface area (TPSA) is 35.6 Å². The fraction of sp³-hybridized carbons (Fsp3) is 0.538. The van der Waals surface area contributed by atoms with Crippen molar-refractivity contribution in [2.45, 2.75) is 44.2 Å². The van der Waals surface area contributed by atoms with Crippen LogP contribution >= 0.6 is 0 Å². The lowest BCUT2D eigenvalue weighted by Gasteiger charge is -2.25. The van der Waals surface area contributed by atoms with Crippen LogP contribution < -0.4 is 0 Å². The molecule has 1 aliphatic rings. The van der Waals surface area contributed by atoms with Crippen molar-refractivity contribution >= 4 is 0 Å². The zero-order valence-electron chi connectivity index (χ0n) is 9.94. The van der Waals surface area contributed by atoms with Gasteiger partial charge in [0.2, 0.25) is 0 Å². The first-order chi connectivity index (χ1) is 8.45. The second-order valence-electron chi connectivity index (χ2n) is 4.74. The van der Waals surface area contributed by atoms with Gasteiger partial charge in [-0.2, -0.15) is 10.2 Å². The summed E-state index contributed by atoms with van der Waals surface area (Å²) in [6.45, 7) is 0. The van der Waals surface area contributed by atoms with Crippen molar-refractivity contribution in [2.24, 2.45) is 0 Å². The average molecular weight is 230 g/mol. The van der Waals surface area contributed by atoms with Crippen LogP contribution in [0.5, 0.6) is 0 Å². The second kappa shape index (κ2) is 4.73. The van der Waals surface area contributed by atoms with E-state index in [0.717, 1.165) is 0 Å². The van der Waals surface area contributed by atoms with Crippen LogP contribution in [-0.4, -0.2) is 19.6 Å². The molecule has 90 valence electrons. The van der Waals surface area contributed by atoms with Crippen molar-refractivity contribution in [3.63, 3.8) is 0 Å². The summed E-state index contributed by atoms with van der Waals surface area (Å²) in [5, 5.41) is 8.83. The lowest BCUT2D eigenvalue weighted by Crippen LogP contribution is -2.23. The molecule has 0 aliphatic heterocycles. The fourth-order valence-corrected chi connectivity index (χ4v) is 2.84. The molecule has 2 unspecified atom stereocenters. The van der Waals surface area contributed by atoms with Gasteiger partial charge in [-0.05, 0) is 25.0 Å². The summed E-state index contributed by atoms with van der Waals surface area (Å²) in [4.78, 5) is 0. The van der Waals surface area contributed by atoms with Gasteiger partial charge < -0.3 is 0 Å². The Hall–Kier alpha value is -1.58. The van der Waals surface area contributed by atoms with Gasteiger partial charge >= 0.3 is 0 Å². The first-order valence-corrected chi connectivity index (χ1v) is 6.43. The largest absolute Gasteiger partial charge is 0.268 e. The van der Waals surface area contributed by atoms with E-state index in [4.69, 9.17) is 0 Å². The highest BCUT2D eigenvalue weighted by Gasteiger charge is 2.26. The molecular formula is C13H18N4. The van der Waals surface area contributed by atoms with E-state index in [-0.39, 0.29) is 0 Å². The van der Waals surface area contributed by atoms with E-state index in [2.05, 4.69) is 32.0 Å². The molecule has 2 heterocycles. The van der Waals surface area contributed by atoms with E-state index in [0.29, 0.717) is 12.1 Å². The number of hydrogen-bond acceptors (Lipinski definition) is 2. The maximum absolute atomic E-state index is 4.42. The molecular weight excluding hydrogens is 212 g/mol. The number of hydrogen-bond donors (Lipinski definition) is 0. The van der Waals surface area contributed by atoms with E-state index < -0.39 is 0 Å². The van der Waals surface area contributed by atoms with Crippen LogP contribution in [0.3, 0.4) is 0 Å². The van der Waals surface area contributed by atoms with Gasteiger partial charge in [-0.15, -0.1) is 0 Å². The van der Waals surface area contributed by atoms with E-state index in [1.54, 1.807) is 0 Å². The predicted molar refractivity (Wildman–Crippen MR) is 65.6 cm³/mol. The zero-order valence-corrected chi connectivity index (χ0v) is 9.94. The lowest BCUT2D eigenvalue weighted by molar-refractivity contribution is 0.269. The molecule has 1 saturated carbocycles. The molecule has 2 aromatic rings. The zero-order chi connectivity index (χ0) is 11.5. The Morgan fingerprint density at radius 2 is 1.29 bits per heavy atom. The highest BCUT2D eigenvalue weighted by Crippen LogP contribution is 2.35. The third-order valence-electron chi connectivity index (χ3n) is 3.67. The minimum atomic E-state index is 0.451. The average Bonchev–Trinajstić information content (AvgIpc) is 2.99. The number of aromatic nitrogens is 4. The van der Waals surface area contributed by atoms with Crippen LogP contribution in [-0.2, 0) is 0 Å². The molecule has 0 aromatic carbocycles. The van der Waals surface area contributed by atoms with Crippen molar-refractivity contribution in [1.29, 1.82) is 0 Å². The van der Waals surface area contributed by atoms with Gasteiger partial charge in [0.15, 0.2) is 0 Å². The highest BCUT2D eigenvalue weighted by molar-refractivity contribution is 4.90. The molecule has 0 radical (unpaired) electrons. The van der Waals surface area contributed by atoms with Gasteiger partial charge in [0.1, 0.15) is 0 Å². The standard InChI is InChI=1S/C13H18N4/c1-2-6-12(16-10-4-8-14-16)13(7-3-1)17-11-5-9-15-17/h4-5,8-13H,1-3,6-7H2. The Morgan fingerprint density at radius 1 is 0.765 bits per heavy atom. The van der Waals surface area contributed by atoms with Crippen molar-refractivity contribution in [2.75, 3.05) is 0 Å². The van der Waals surface area contributed by atoms with E-state index in [9.17, 15) is 0 Å². The molecule has 0 N–H and O–H groups in total. The molecule has 1 aliphatic carbocycles. The van der Waals surface area contributed by atoms with Crippen molar-refractivity contribution in [1.82, 2.24) is 19.6 Å². The summed E-state index contributed by atoms with van der Waals surface area (Å²) in [7, 11) is 0. The Morgan fingerprint density at radius 3 is 1.71 bits per heavy atom. The molecule has 2 aromatic heterocycles. The summed E-state index contributed by atoms with van der Waals surface area (Å²) < 4.78 is 4.22. The molecule has 17 heavy (non-hydrogen) atoms. The van der Waals surface area contributed by atoms with E-state index in [1.165, 1.54) is 32.1 Å². The Balaban J connectivity index is 1.91. The van der Waals surface area contributed by atoms with Gasteiger partial charge in [-0.3, -0.25) is 9.36 Å². The smallest absolute Gasteiger partial charge is 0.0743 e. The van der Waals surface area contributed by atoms with Crippen LogP contribution in [0.4, 0.5) is 0 Å². The third kappa shape index (κ3) is 2.12. The number of nitrogens with zero attached hydrogens (tertiary/aromatic N) is 4. The van der Waals surface area contributed by atoms with Crippen LogP contribution in [0.1, 0.15) is 44.2 Å². The predicted octanol–water partition coefficient (Wildman–Crippen LogP) is 2.83. The van der Waals surface area contributed by atoms with Crippen molar-refractivity contribution in [3.8, 4) is 0 Å². The van der Waals surface area contributed by atoms with E-state index in [1.807, 2.05) is 24.5 Å². The van der Waals surface area contributed by atoms with E-state index >= 15 is 0 Å². The monoisotopic (exact) mass is 230 g/mol. The normalized spacial score (nSPS) is 25.6. The summed E-state index contributed by atoms with van der Waals surface area (Å²) in [5.74, 6) is 0. The quantitative estimate of drug-likeness (QED) is 0.744. The van der Waals surface area contributed by atoms with Gasteiger partial charge in [0.05, 0.1) is 12.1 Å². The summed E-state index contributed by atoms with van der Waals surface area (Å²) in [6.07, 6.45) is 14.2. The van der Waals surface area contributed by atoms with Gasteiger partial charge in [0, 0.05) is 24.8 Å². The summed E-state index contributed by atoms with van der Waals surface area (Å²) in [6, 6.07) is 4.91. The van der Waals surface area contributed by atoms with Gasteiger partial charge in [-0.25, -0.2) is 0 Å². The first kappa shape index (κ1) is 10.6. The Kier molecular flexibility index (Phi) is 2.94. The molecule has 3 rings (SSSR count). The van der Waals surface area contributed by atoms with Crippen LogP contribution in [0.15, 0.2) is 36.9 Å². The highest BCUT2D eigenvalue weighted by atomic mass is 15.3. The molecule has 4 heteroatoms. The second-order valence-corrected chi connectivity index (χ2v) is 4.74. The lowest BCUT2D eigenvalue weighted by atomic mass is 10.0. The molecule has 0 amide bonds. The molecule has 0 spiro atoms. The van der Waals surface area contributed by atoms with Crippen molar-refractivity contribution < 1.29 is 0 Å². The van der Waals surface area contributed by atoms with Crippen LogP contribution in [0, 0.1) is 0 Å². The molecule has 4 nitrogen and oxygen atoms in total. The first-order valence-electron chi connectivity index (χ1n) is 6.43. The number of rotatable bonds is 2. The minimum absolute atomic E-state index is 0.451. The summed E-state index contributed by atoms with van der Waals surface area (Å²) >= 11 is 0. The Labute approximate surface area is 101 Å². The SMILES string of the molecule is c1cnn(C2CCCCCC2n2cccn2)c1. The molecule has 0 saturated heterocycles. The van der Waals surface area contributed by atoms with Crippen LogP contribution in [0.25, 0.3) is 0 Å². The fourth-order valence-electron chi connectivity index (χ4n) is 2.84. The van der Waals surface area contributed by atoms with Crippen LogP contribution in [0.2, 0.25) is 0 Å². The van der Waals surface area contributed by atoms with Gasteiger partial charge in [-0.1, -0.05) is 19.3 Å². The molecule has 2 atom stereocenters. The Bertz CT molecular complexity index is 390. The third-order valence-corrected chi connectivity index (χ3v) is 3.67. The molecule has 1 fully saturated rings. The maximum Gasteiger partial charge on any atom is 0.0743 e.